The molecular weight excluding hydrogens is 254 g/mol. The Bertz CT molecular complexity index is 437. The molecule has 2 amide bonds. The number of carbonyl (C=O) groups is 2. The number of carbonyl (C=O) groups excluding carboxylic acids is 2. The number of anilines is 1. The summed E-state index contributed by atoms with van der Waals surface area (Å²) in [4.78, 5) is 26.8. The van der Waals surface area contributed by atoms with Crippen LogP contribution in [0.15, 0.2) is 5.38 Å². The van der Waals surface area contributed by atoms with Gasteiger partial charge in [0.05, 0.1) is 5.01 Å². The van der Waals surface area contributed by atoms with Gasteiger partial charge >= 0.3 is 6.09 Å². The Morgan fingerprint density at radius 1 is 1.44 bits per heavy atom. The highest BCUT2D eigenvalue weighted by Gasteiger charge is 2.16. The minimum atomic E-state index is -0.618. The lowest BCUT2D eigenvalue weighted by molar-refractivity contribution is -0.115. The average Bonchev–Trinajstić information content (AvgIpc) is 2.58. The Kier molecular flexibility index (Phi) is 4.66. The first kappa shape index (κ1) is 14.4. The van der Waals surface area contributed by atoms with Gasteiger partial charge in [-0.2, -0.15) is 0 Å². The Labute approximate surface area is 110 Å². The quantitative estimate of drug-likeness (QED) is 0.880. The molecule has 18 heavy (non-hydrogen) atoms. The van der Waals surface area contributed by atoms with E-state index < -0.39 is 11.7 Å². The zero-order chi connectivity index (χ0) is 13.8. The van der Waals surface area contributed by atoms with Gasteiger partial charge in [-0.05, 0) is 27.7 Å². The van der Waals surface area contributed by atoms with Crippen molar-refractivity contribution >= 4 is 29.2 Å². The van der Waals surface area contributed by atoms with Gasteiger partial charge in [0.2, 0.25) is 5.91 Å². The van der Waals surface area contributed by atoms with Crippen LogP contribution in [0.4, 0.5) is 10.6 Å². The number of ether oxygens (including phenoxy) is 1. The maximum Gasteiger partial charge on any atom is 0.408 e. The normalized spacial score (nSPS) is 10.9. The molecule has 0 fully saturated rings. The second kappa shape index (κ2) is 5.81. The van der Waals surface area contributed by atoms with Gasteiger partial charge < -0.3 is 15.4 Å². The smallest absolute Gasteiger partial charge is 0.408 e. The van der Waals surface area contributed by atoms with E-state index in [1.54, 1.807) is 26.2 Å². The molecule has 0 unspecified atom stereocenters. The molecule has 0 saturated carbocycles. The van der Waals surface area contributed by atoms with E-state index in [1.165, 1.54) is 11.3 Å². The molecule has 0 radical (unpaired) electrons. The second-order valence-electron chi connectivity index (χ2n) is 4.66. The summed E-state index contributed by atoms with van der Waals surface area (Å²) in [5.41, 5.74) is -0.577. The fourth-order valence-corrected chi connectivity index (χ4v) is 1.62. The number of aryl methyl sites for hydroxylation is 1. The predicted octanol–water partition coefficient (Wildman–Crippen LogP) is 1.91. The van der Waals surface area contributed by atoms with Crippen molar-refractivity contribution in [1.82, 2.24) is 10.3 Å². The molecule has 0 aliphatic carbocycles. The van der Waals surface area contributed by atoms with Gasteiger partial charge in [-0.1, -0.05) is 0 Å². The van der Waals surface area contributed by atoms with Crippen LogP contribution in [0, 0.1) is 6.92 Å². The standard InChI is InChI=1S/C11H17N3O3S/c1-7-13-8(6-18-7)14-9(15)5-12-10(16)17-11(2,3)4/h6H,5H2,1-4H3,(H,12,16)(H,14,15). The molecule has 0 aromatic carbocycles. The number of rotatable bonds is 3. The number of thiazole rings is 1. The SMILES string of the molecule is Cc1nc(NC(=O)CNC(=O)OC(C)(C)C)cs1. The molecule has 0 atom stereocenters. The second-order valence-corrected chi connectivity index (χ2v) is 5.72. The highest BCUT2D eigenvalue weighted by atomic mass is 32.1. The molecule has 7 heteroatoms. The van der Waals surface area contributed by atoms with E-state index in [0.29, 0.717) is 5.82 Å². The zero-order valence-electron chi connectivity index (χ0n) is 10.9. The van der Waals surface area contributed by atoms with Crippen LogP contribution < -0.4 is 10.6 Å². The molecule has 2 N–H and O–H groups in total. The first-order chi connectivity index (χ1) is 8.26. The molecule has 6 nitrogen and oxygen atoms in total. The number of aromatic nitrogens is 1. The summed E-state index contributed by atoms with van der Waals surface area (Å²) in [6.07, 6.45) is -0.618. The van der Waals surface area contributed by atoms with Crippen LogP contribution in [0.2, 0.25) is 0 Å². The van der Waals surface area contributed by atoms with E-state index >= 15 is 0 Å². The summed E-state index contributed by atoms with van der Waals surface area (Å²) in [6.45, 7) is 6.96. The minimum absolute atomic E-state index is 0.147. The van der Waals surface area contributed by atoms with Crippen molar-refractivity contribution in [1.29, 1.82) is 0 Å². The minimum Gasteiger partial charge on any atom is -0.444 e. The number of hydrogen-bond donors (Lipinski definition) is 2. The molecule has 0 aliphatic heterocycles. The van der Waals surface area contributed by atoms with E-state index in [2.05, 4.69) is 15.6 Å². The average molecular weight is 271 g/mol. The Morgan fingerprint density at radius 2 is 2.11 bits per heavy atom. The number of amides is 2. The lowest BCUT2D eigenvalue weighted by Gasteiger charge is -2.19. The van der Waals surface area contributed by atoms with E-state index in [4.69, 9.17) is 4.74 Å². The zero-order valence-corrected chi connectivity index (χ0v) is 11.7. The first-order valence-corrected chi connectivity index (χ1v) is 6.33. The number of alkyl carbamates (subject to hydrolysis) is 1. The highest BCUT2D eigenvalue weighted by molar-refractivity contribution is 7.09. The van der Waals surface area contributed by atoms with Gasteiger partial charge in [0, 0.05) is 5.38 Å². The van der Waals surface area contributed by atoms with Crippen LogP contribution in [0.5, 0.6) is 0 Å². The van der Waals surface area contributed by atoms with Crippen molar-refractivity contribution in [3.05, 3.63) is 10.4 Å². The molecule has 1 aromatic heterocycles. The van der Waals surface area contributed by atoms with Gasteiger partial charge in [-0.3, -0.25) is 4.79 Å². The van der Waals surface area contributed by atoms with Gasteiger partial charge in [-0.25, -0.2) is 9.78 Å². The third kappa shape index (κ3) is 5.62. The predicted molar refractivity (Wildman–Crippen MR) is 69.7 cm³/mol. The van der Waals surface area contributed by atoms with Crippen molar-refractivity contribution in [3.8, 4) is 0 Å². The van der Waals surface area contributed by atoms with E-state index in [9.17, 15) is 9.59 Å². The first-order valence-electron chi connectivity index (χ1n) is 5.45. The molecule has 0 bridgehead atoms. The maximum atomic E-state index is 11.5. The summed E-state index contributed by atoms with van der Waals surface area (Å²) in [5, 5.41) is 7.54. The molecular formula is C11H17N3O3S. The summed E-state index contributed by atoms with van der Waals surface area (Å²) in [5.74, 6) is 0.152. The Balaban J connectivity index is 2.31. The molecule has 0 spiro atoms. The van der Waals surface area contributed by atoms with E-state index in [-0.39, 0.29) is 12.5 Å². The molecule has 100 valence electrons. The lowest BCUT2D eigenvalue weighted by Crippen LogP contribution is -2.37. The van der Waals surface area contributed by atoms with Gasteiger partial charge in [-0.15, -0.1) is 11.3 Å². The lowest BCUT2D eigenvalue weighted by atomic mass is 10.2. The Morgan fingerprint density at radius 3 is 2.61 bits per heavy atom. The third-order valence-corrected chi connectivity index (χ3v) is 2.45. The van der Waals surface area contributed by atoms with Gasteiger partial charge in [0.15, 0.2) is 0 Å². The van der Waals surface area contributed by atoms with E-state index in [1.807, 2.05) is 6.92 Å². The number of nitrogens with one attached hydrogen (secondary N) is 2. The van der Waals surface area contributed by atoms with Crippen molar-refractivity contribution in [2.75, 3.05) is 11.9 Å². The van der Waals surface area contributed by atoms with Crippen LogP contribution >= 0.6 is 11.3 Å². The van der Waals surface area contributed by atoms with Crippen molar-refractivity contribution < 1.29 is 14.3 Å². The number of hydrogen-bond acceptors (Lipinski definition) is 5. The summed E-state index contributed by atoms with van der Waals surface area (Å²) in [7, 11) is 0. The van der Waals surface area contributed by atoms with Crippen molar-refractivity contribution in [2.24, 2.45) is 0 Å². The van der Waals surface area contributed by atoms with Crippen LogP contribution in [0.25, 0.3) is 0 Å². The fourth-order valence-electron chi connectivity index (χ4n) is 1.07. The maximum absolute atomic E-state index is 11.5. The van der Waals surface area contributed by atoms with Crippen LogP contribution in [-0.2, 0) is 9.53 Å². The topological polar surface area (TPSA) is 80.3 Å². The van der Waals surface area contributed by atoms with Gasteiger partial charge in [0.25, 0.3) is 0 Å². The largest absolute Gasteiger partial charge is 0.444 e. The molecule has 0 aliphatic rings. The molecule has 1 rings (SSSR count). The monoisotopic (exact) mass is 271 g/mol. The molecule has 0 saturated heterocycles. The highest BCUT2D eigenvalue weighted by Crippen LogP contribution is 2.12. The van der Waals surface area contributed by atoms with Crippen molar-refractivity contribution in [3.63, 3.8) is 0 Å². The molecule has 1 heterocycles. The Hall–Kier alpha value is -1.63. The summed E-state index contributed by atoms with van der Waals surface area (Å²) in [6, 6.07) is 0. The summed E-state index contributed by atoms with van der Waals surface area (Å²) < 4.78 is 5.00. The third-order valence-electron chi connectivity index (χ3n) is 1.68. The number of nitrogens with zero attached hydrogens (tertiary/aromatic N) is 1. The molecule has 1 aromatic rings. The van der Waals surface area contributed by atoms with Crippen LogP contribution in [0.1, 0.15) is 25.8 Å². The van der Waals surface area contributed by atoms with Crippen molar-refractivity contribution in [2.45, 2.75) is 33.3 Å². The van der Waals surface area contributed by atoms with E-state index in [0.717, 1.165) is 5.01 Å². The van der Waals surface area contributed by atoms with Crippen LogP contribution in [0.3, 0.4) is 0 Å². The summed E-state index contributed by atoms with van der Waals surface area (Å²) >= 11 is 1.44. The fraction of sp³-hybridized carbons (Fsp3) is 0.545. The van der Waals surface area contributed by atoms with Crippen LogP contribution in [-0.4, -0.2) is 29.1 Å². The van der Waals surface area contributed by atoms with Gasteiger partial charge in [0.1, 0.15) is 18.0 Å².